The van der Waals surface area contributed by atoms with Gasteiger partial charge in [0.05, 0.1) is 19.4 Å². The molecule has 5 nitrogen and oxygen atoms in total. The van der Waals surface area contributed by atoms with Crippen molar-refractivity contribution in [3.8, 4) is 11.5 Å². The van der Waals surface area contributed by atoms with Gasteiger partial charge in [0, 0.05) is 18.2 Å². The van der Waals surface area contributed by atoms with E-state index >= 15 is 0 Å². The summed E-state index contributed by atoms with van der Waals surface area (Å²) in [4.78, 5) is 10.9. The zero-order chi connectivity index (χ0) is 18.5. The average molecular weight is 349 g/mol. The van der Waals surface area contributed by atoms with Crippen LogP contribution in [0.4, 0.5) is 5.69 Å². The number of ether oxygens (including phenoxy) is 2. The summed E-state index contributed by atoms with van der Waals surface area (Å²) in [5, 5.41) is 12.3. The number of aliphatic carboxylic acids is 1. The molecule has 0 spiro atoms. The molecule has 0 saturated heterocycles. The molecular formula is C20H31NO4. The molecule has 0 aromatic heterocycles. The lowest BCUT2D eigenvalue weighted by Crippen LogP contribution is -2.08. The molecule has 25 heavy (non-hydrogen) atoms. The molecule has 0 fully saturated rings. The molecule has 0 saturated carbocycles. The third kappa shape index (κ3) is 7.50. The second kappa shape index (κ2) is 12.2. The Morgan fingerprint density at radius 3 is 2.52 bits per heavy atom. The van der Waals surface area contributed by atoms with E-state index in [4.69, 9.17) is 14.6 Å². The van der Waals surface area contributed by atoms with Gasteiger partial charge in [-0.3, -0.25) is 0 Å². The minimum atomic E-state index is -0.974. The van der Waals surface area contributed by atoms with Crippen LogP contribution in [-0.2, 0) is 4.79 Å². The normalized spacial score (nSPS) is 10.8. The topological polar surface area (TPSA) is 67.8 Å². The molecule has 5 heteroatoms. The molecule has 0 atom stereocenters. The minimum Gasteiger partial charge on any atom is -0.493 e. The van der Waals surface area contributed by atoms with Crippen LogP contribution in [0.15, 0.2) is 18.2 Å². The molecule has 140 valence electrons. The molecule has 1 aromatic rings. The van der Waals surface area contributed by atoms with Crippen molar-refractivity contribution in [2.45, 2.75) is 52.4 Å². The van der Waals surface area contributed by atoms with Gasteiger partial charge in [-0.15, -0.1) is 0 Å². The highest BCUT2D eigenvalue weighted by molar-refractivity contribution is 5.88. The van der Waals surface area contributed by atoms with E-state index in [0.717, 1.165) is 62.4 Å². The number of hydrogen-bond donors (Lipinski definition) is 2. The third-order valence-electron chi connectivity index (χ3n) is 3.86. The van der Waals surface area contributed by atoms with Crippen molar-refractivity contribution in [3.63, 3.8) is 0 Å². The molecule has 0 unspecified atom stereocenters. The number of hydrogen-bond acceptors (Lipinski definition) is 4. The summed E-state index contributed by atoms with van der Waals surface area (Å²) < 4.78 is 11.4. The quantitative estimate of drug-likeness (QED) is 0.389. The first-order valence-corrected chi connectivity index (χ1v) is 9.12. The number of nitrogens with one attached hydrogen (secondary N) is 1. The van der Waals surface area contributed by atoms with Crippen LogP contribution in [0.25, 0.3) is 6.08 Å². The summed E-state index contributed by atoms with van der Waals surface area (Å²) in [5.41, 5.74) is 1.58. The number of carboxylic acids is 1. The van der Waals surface area contributed by atoms with Gasteiger partial charge in [-0.2, -0.15) is 0 Å². The largest absolute Gasteiger partial charge is 0.493 e. The van der Waals surface area contributed by atoms with Crippen molar-refractivity contribution in [2.75, 3.05) is 25.6 Å². The Bertz CT molecular complexity index is 555. The smallest absolute Gasteiger partial charge is 0.328 e. The van der Waals surface area contributed by atoms with Crippen LogP contribution in [0.1, 0.15) is 57.9 Å². The van der Waals surface area contributed by atoms with Crippen LogP contribution < -0.4 is 14.8 Å². The van der Waals surface area contributed by atoms with Crippen LogP contribution in [0.3, 0.4) is 0 Å². The SMILES string of the molecule is CCCCCNc1c(/C=C/C(=O)O)ccc(OC)c1OCCCCC. The zero-order valence-corrected chi connectivity index (χ0v) is 15.6. The Morgan fingerprint density at radius 2 is 1.88 bits per heavy atom. The van der Waals surface area contributed by atoms with Crippen LogP contribution in [0, 0.1) is 0 Å². The standard InChI is InChI=1S/C20H31NO4/c1-4-6-8-14-21-19-16(11-13-18(22)23)10-12-17(24-3)20(19)25-15-9-7-5-2/h10-13,21H,4-9,14-15H2,1-3H3,(H,22,23)/b13-11+. The molecule has 0 heterocycles. The van der Waals surface area contributed by atoms with E-state index in [1.165, 1.54) is 0 Å². The van der Waals surface area contributed by atoms with Crippen LogP contribution in [0.5, 0.6) is 11.5 Å². The Hall–Kier alpha value is -2.17. The fourth-order valence-electron chi connectivity index (χ4n) is 2.48. The van der Waals surface area contributed by atoms with Crippen LogP contribution >= 0.6 is 0 Å². The number of carbonyl (C=O) groups is 1. The molecule has 0 aliphatic heterocycles. The highest BCUT2D eigenvalue weighted by atomic mass is 16.5. The predicted octanol–water partition coefficient (Wildman–Crippen LogP) is 4.96. The van der Waals surface area contributed by atoms with Crippen LogP contribution in [0.2, 0.25) is 0 Å². The Balaban J connectivity index is 3.07. The van der Waals surface area contributed by atoms with Gasteiger partial charge < -0.3 is 19.9 Å². The van der Waals surface area contributed by atoms with E-state index in [-0.39, 0.29) is 0 Å². The number of rotatable bonds is 13. The van der Waals surface area contributed by atoms with Crippen molar-refractivity contribution in [1.82, 2.24) is 0 Å². The summed E-state index contributed by atoms with van der Waals surface area (Å²) in [7, 11) is 1.61. The van der Waals surface area contributed by atoms with Gasteiger partial charge in [0.2, 0.25) is 0 Å². The van der Waals surface area contributed by atoms with Crippen molar-refractivity contribution in [2.24, 2.45) is 0 Å². The van der Waals surface area contributed by atoms with Crippen molar-refractivity contribution in [1.29, 1.82) is 0 Å². The van der Waals surface area contributed by atoms with E-state index in [9.17, 15) is 4.79 Å². The van der Waals surface area contributed by atoms with E-state index in [0.29, 0.717) is 18.1 Å². The minimum absolute atomic E-state index is 0.611. The molecule has 2 N–H and O–H groups in total. The molecule has 0 aliphatic carbocycles. The lowest BCUT2D eigenvalue weighted by Gasteiger charge is -2.18. The molecule has 1 aromatic carbocycles. The van der Waals surface area contributed by atoms with E-state index in [1.54, 1.807) is 13.2 Å². The lowest BCUT2D eigenvalue weighted by atomic mass is 10.1. The number of anilines is 1. The first kappa shape index (κ1) is 20.9. The average Bonchev–Trinajstić information content (AvgIpc) is 2.61. The lowest BCUT2D eigenvalue weighted by molar-refractivity contribution is -0.131. The summed E-state index contributed by atoms with van der Waals surface area (Å²) in [6.45, 7) is 5.73. The predicted molar refractivity (Wildman–Crippen MR) is 103 cm³/mol. The van der Waals surface area contributed by atoms with Gasteiger partial charge in [-0.25, -0.2) is 4.79 Å². The number of carboxylic acid groups (broad SMARTS) is 1. The maximum absolute atomic E-state index is 10.9. The van der Waals surface area contributed by atoms with Gasteiger partial charge in [-0.05, 0) is 31.1 Å². The van der Waals surface area contributed by atoms with Crippen molar-refractivity contribution >= 4 is 17.7 Å². The first-order chi connectivity index (χ1) is 12.1. The van der Waals surface area contributed by atoms with E-state index < -0.39 is 5.97 Å². The van der Waals surface area contributed by atoms with Crippen LogP contribution in [-0.4, -0.2) is 31.3 Å². The van der Waals surface area contributed by atoms with Gasteiger partial charge in [0.1, 0.15) is 0 Å². The molecule has 1 rings (SSSR count). The van der Waals surface area contributed by atoms with E-state index in [1.807, 2.05) is 12.1 Å². The first-order valence-electron chi connectivity index (χ1n) is 9.12. The second-order valence-corrected chi connectivity index (χ2v) is 5.92. The number of unbranched alkanes of at least 4 members (excludes halogenated alkanes) is 4. The van der Waals surface area contributed by atoms with Gasteiger partial charge in [0.15, 0.2) is 11.5 Å². The Morgan fingerprint density at radius 1 is 1.16 bits per heavy atom. The van der Waals surface area contributed by atoms with E-state index in [2.05, 4.69) is 19.2 Å². The highest BCUT2D eigenvalue weighted by Gasteiger charge is 2.14. The molecule has 0 amide bonds. The van der Waals surface area contributed by atoms with Gasteiger partial charge in [-0.1, -0.05) is 39.5 Å². The molecule has 0 aliphatic rings. The number of methoxy groups -OCH3 is 1. The summed E-state index contributed by atoms with van der Waals surface area (Å²) in [5.74, 6) is 0.336. The van der Waals surface area contributed by atoms with Gasteiger partial charge >= 0.3 is 5.97 Å². The van der Waals surface area contributed by atoms with Crippen molar-refractivity contribution < 1.29 is 19.4 Å². The van der Waals surface area contributed by atoms with Crippen molar-refractivity contribution in [3.05, 3.63) is 23.8 Å². The van der Waals surface area contributed by atoms with Gasteiger partial charge in [0.25, 0.3) is 0 Å². The maximum Gasteiger partial charge on any atom is 0.328 e. The molecular weight excluding hydrogens is 318 g/mol. The zero-order valence-electron chi connectivity index (χ0n) is 15.6. The maximum atomic E-state index is 10.9. The Labute approximate surface area is 151 Å². The molecule has 0 radical (unpaired) electrons. The monoisotopic (exact) mass is 349 g/mol. The second-order valence-electron chi connectivity index (χ2n) is 5.92. The highest BCUT2D eigenvalue weighted by Crippen LogP contribution is 2.39. The fourth-order valence-corrected chi connectivity index (χ4v) is 2.48. The summed E-state index contributed by atoms with van der Waals surface area (Å²) >= 11 is 0. The third-order valence-corrected chi connectivity index (χ3v) is 3.86. The Kier molecular flexibility index (Phi) is 10.2. The fraction of sp³-hybridized carbons (Fsp3) is 0.550. The number of benzene rings is 1. The summed E-state index contributed by atoms with van der Waals surface area (Å²) in [6.07, 6.45) is 9.28. The summed E-state index contributed by atoms with van der Waals surface area (Å²) in [6, 6.07) is 3.66. The molecule has 0 bridgehead atoms.